The summed E-state index contributed by atoms with van der Waals surface area (Å²) in [5.74, 6) is 0.382. The van der Waals surface area contributed by atoms with Crippen LogP contribution in [-0.4, -0.2) is 38.1 Å². The van der Waals surface area contributed by atoms with Crippen molar-refractivity contribution in [1.82, 2.24) is 5.32 Å². The normalized spacial score (nSPS) is 15.6. The minimum Gasteiger partial charge on any atom is -0.490 e. The predicted molar refractivity (Wildman–Crippen MR) is 78.7 cm³/mol. The van der Waals surface area contributed by atoms with Crippen molar-refractivity contribution >= 4 is 17.3 Å². The first kappa shape index (κ1) is 15.1. The second-order valence-corrected chi connectivity index (χ2v) is 4.99. The number of benzene rings is 1. The highest BCUT2D eigenvalue weighted by molar-refractivity contribution is 5.78. The number of hydrogen-bond acceptors (Lipinski definition) is 5. The summed E-state index contributed by atoms with van der Waals surface area (Å²) in [5.41, 5.74) is 0.842. The molecule has 0 spiro atoms. The lowest BCUT2D eigenvalue weighted by atomic mass is 9.95. The topological polar surface area (TPSA) is 84.7 Å². The van der Waals surface area contributed by atoms with Gasteiger partial charge in [-0.05, 0) is 18.9 Å². The van der Waals surface area contributed by atoms with Gasteiger partial charge in [-0.3, -0.25) is 14.9 Å². The SMILES string of the molecule is CNC(=O)C1CCN(c2ccc([N+](=O)[O-])c(OC)c2)CC1. The summed E-state index contributed by atoms with van der Waals surface area (Å²) in [5, 5.41) is 13.6. The molecule has 1 fully saturated rings. The number of nitro groups is 1. The summed E-state index contributed by atoms with van der Waals surface area (Å²) in [6, 6.07) is 4.86. The predicted octanol–water partition coefficient (Wildman–Crippen LogP) is 1.57. The van der Waals surface area contributed by atoms with Gasteiger partial charge in [-0.15, -0.1) is 0 Å². The Bertz CT molecular complexity index is 539. The summed E-state index contributed by atoms with van der Waals surface area (Å²) >= 11 is 0. The van der Waals surface area contributed by atoms with Crippen LogP contribution in [0.3, 0.4) is 0 Å². The molecular weight excluding hydrogens is 274 g/mol. The maximum absolute atomic E-state index is 11.6. The molecule has 2 rings (SSSR count). The first-order valence-electron chi connectivity index (χ1n) is 6.85. The third kappa shape index (κ3) is 3.24. The second-order valence-electron chi connectivity index (χ2n) is 4.99. The number of nitrogens with one attached hydrogen (secondary N) is 1. The Morgan fingerprint density at radius 3 is 2.62 bits per heavy atom. The number of amides is 1. The van der Waals surface area contributed by atoms with E-state index >= 15 is 0 Å². The standard InChI is InChI=1S/C14H19N3O4/c1-15-14(18)10-5-7-16(8-6-10)11-3-4-12(17(19)20)13(9-11)21-2/h3-4,9-10H,5-8H2,1-2H3,(H,15,18). The van der Waals surface area contributed by atoms with Gasteiger partial charge in [0.1, 0.15) is 0 Å². The van der Waals surface area contributed by atoms with E-state index in [1.54, 1.807) is 19.2 Å². The fourth-order valence-electron chi connectivity index (χ4n) is 2.62. The Labute approximate surface area is 123 Å². The van der Waals surface area contributed by atoms with E-state index in [-0.39, 0.29) is 23.3 Å². The molecule has 21 heavy (non-hydrogen) atoms. The van der Waals surface area contributed by atoms with Crippen LogP contribution in [0.1, 0.15) is 12.8 Å². The van der Waals surface area contributed by atoms with Gasteiger partial charge >= 0.3 is 5.69 Å². The molecule has 1 N–H and O–H groups in total. The Morgan fingerprint density at radius 2 is 2.10 bits per heavy atom. The molecule has 1 aromatic carbocycles. The Hall–Kier alpha value is -2.31. The van der Waals surface area contributed by atoms with Crippen LogP contribution in [0.5, 0.6) is 5.75 Å². The summed E-state index contributed by atoms with van der Waals surface area (Å²) < 4.78 is 5.08. The van der Waals surface area contributed by atoms with Gasteiger partial charge in [-0.25, -0.2) is 0 Å². The van der Waals surface area contributed by atoms with Crippen LogP contribution in [0.25, 0.3) is 0 Å². The van der Waals surface area contributed by atoms with Gasteiger partial charge in [0.05, 0.1) is 12.0 Å². The highest BCUT2D eigenvalue weighted by atomic mass is 16.6. The van der Waals surface area contributed by atoms with Crippen LogP contribution in [0, 0.1) is 16.0 Å². The number of anilines is 1. The zero-order chi connectivity index (χ0) is 15.4. The number of ether oxygens (including phenoxy) is 1. The number of carbonyl (C=O) groups excluding carboxylic acids is 1. The molecule has 1 aliphatic rings. The molecule has 114 valence electrons. The van der Waals surface area contributed by atoms with Gasteiger partial charge in [-0.1, -0.05) is 0 Å². The van der Waals surface area contributed by atoms with Crippen LogP contribution in [-0.2, 0) is 4.79 Å². The number of carbonyl (C=O) groups is 1. The van der Waals surface area contributed by atoms with E-state index in [1.807, 2.05) is 0 Å². The van der Waals surface area contributed by atoms with Gasteiger partial charge in [0.15, 0.2) is 5.75 Å². The van der Waals surface area contributed by atoms with E-state index in [0.717, 1.165) is 31.6 Å². The lowest BCUT2D eigenvalue weighted by Crippen LogP contribution is -2.39. The van der Waals surface area contributed by atoms with Crippen LogP contribution < -0.4 is 15.0 Å². The van der Waals surface area contributed by atoms with Gasteiger partial charge in [0.2, 0.25) is 5.91 Å². The zero-order valence-corrected chi connectivity index (χ0v) is 12.2. The number of nitrogens with zero attached hydrogens (tertiary/aromatic N) is 2. The van der Waals surface area contributed by atoms with Crippen molar-refractivity contribution in [3.05, 3.63) is 28.3 Å². The third-order valence-electron chi connectivity index (χ3n) is 3.84. The minimum absolute atomic E-state index is 0.0403. The fourth-order valence-corrected chi connectivity index (χ4v) is 2.62. The average Bonchev–Trinajstić information content (AvgIpc) is 2.53. The molecule has 1 saturated heterocycles. The Morgan fingerprint density at radius 1 is 1.43 bits per heavy atom. The van der Waals surface area contributed by atoms with Crippen LogP contribution >= 0.6 is 0 Å². The van der Waals surface area contributed by atoms with Crippen molar-refractivity contribution in [1.29, 1.82) is 0 Å². The molecule has 1 amide bonds. The first-order chi connectivity index (χ1) is 10.1. The van der Waals surface area contributed by atoms with Gasteiger partial charge in [0.25, 0.3) is 0 Å². The number of hydrogen-bond donors (Lipinski definition) is 1. The van der Waals surface area contributed by atoms with Crippen molar-refractivity contribution < 1.29 is 14.5 Å². The molecule has 0 bridgehead atoms. The Balaban J connectivity index is 2.10. The molecule has 0 saturated carbocycles. The molecule has 7 nitrogen and oxygen atoms in total. The number of nitro benzene ring substituents is 1. The third-order valence-corrected chi connectivity index (χ3v) is 3.84. The molecule has 0 aromatic heterocycles. The van der Waals surface area contributed by atoms with Gasteiger partial charge in [-0.2, -0.15) is 0 Å². The van der Waals surface area contributed by atoms with E-state index in [4.69, 9.17) is 4.74 Å². The van der Waals surface area contributed by atoms with E-state index in [0.29, 0.717) is 0 Å². The molecule has 0 radical (unpaired) electrons. The fraction of sp³-hybridized carbons (Fsp3) is 0.500. The smallest absolute Gasteiger partial charge is 0.311 e. The van der Waals surface area contributed by atoms with E-state index < -0.39 is 4.92 Å². The van der Waals surface area contributed by atoms with E-state index in [9.17, 15) is 14.9 Å². The number of rotatable bonds is 4. The molecule has 1 aromatic rings. The molecule has 1 aliphatic heterocycles. The van der Waals surface area contributed by atoms with Gasteiger partial charge in [0, 0.05) is 43.9 Å². The van der Waals surface area contributed by atoms with Crippen LogP contribution in [0.2, 0.25) is 0 Å². The van der Waals surface area contributed by atoms with Crippen molar-refractivity contribution in [2.75, 3.05) is 32.1 Å². The summed E-state index contributed by atoms with van der Waals surface area (Å²) in [6.45, 7) is 1.50. The van der Waals surface area contributed by atoms with Crippen LogP contribution in [0.15, 0.2) is 18.2 Å². The summed E-state index contributed by atoms with van der Waals surface area (Å²) in [6.07, 6.45) is 1.55. The summed E-state index contributed by atoms with van der Waals surface area (Å²) in [7, 11) is 3.07. The molecule has 0 aliphatic carbocycles. The lowest BCUT2D eigenvalue weighted by molar-refractivity contribution is -0.385. The highest BCUT2D eigenvalue weighted by Crippen LogP contribution is 2.33. The molecule has 0 atom stereocenters. The quantitative estimate of drug-likeness (QED) is 0.672. The average molecular weight is 293 g/mol. The minimum atomic E-state index is -0.458. The molecular formula is C14H19N3O4. The zero-order valence-electron chi connectivity index (χ0n) is 12.2. The number of methoxy groups -OCH3 is 1. The van der Waals surface area contributed by atoms with Gasteiger partial charge < -0.3 is 15.0 Å². The monoisotopic (exact) mass is 293 g/mol. The first-order valence-corrected chi connectivity index (χ1v) is 6.85. The van der Waals surface area contributed by atoms with Crippen molar-refractivity contribution in [3.63, 3.8) is 0 Å². The maximum atomic E-state index is 11.6. The molecule has 7 heteroatoms. The van der Waals surface area contributed by atoms with E-state index in [2.05, 4.69) is 10.2 Å². The van der Waals surface area contributed by atoms with Crippen molar-refractivity contribution in [2.24, 2.45) is 5.92 Å². The van der Waals surface area contributed by atoms with Crippen LogP contribution in [0.4, 0.5) is 11.4 Å². The lowest BCUT2D eigenvalue weighted by Gasteiger charge is -2.32. The highest BCUT2D eigenvalue weighted by Gasteiger charge is 2.25. The maximum Gasteiger partial charge on any atom is 0.311 e. The Kier molecular flexibility index (Phi) is 4.62. The van der Waals surface area contributed by atoms with Crippen molar-refractivity contribution in [2.45, 2.75) is 12.8 Å². The van der Waals surface area contributed by atoms with Crippen molar-refractivity contribution in [3.8, 4) is 5.75 Å². The van der Waals surface area contributed by atoms with E-state index in [1.165, 1.54) is 13.2 Å². The number of piperidine rings is 1. The largest absolute Gasteiger partial charge is 0.490 e. The second kappa shape index (κ2) is 6.43. The molecule has 1 heterocycles. The summed E-state index contributed by atoms with van der Waals surface area (Å²) in [4.78, 5) is 24.2. The molecule has 0 unspecified atom stereocenters.